The summed E-state index contributed by atoms with van der Waals surface area (Å²) < 4.78 is 1.62. The van der Waals surface area contributed by atoms with Gasteiger partial charge in [-0.1, -0.05) is 24.3 Å². The second-order valence-electron chi connectivity index (χ2n) is 9.64. The van der Waals surface area contributed by atoms with Crippen LogP contribution in [0.3, 0.4) is 0 Å². The first-order valence-electron chi connectivity index (χ1n) is 12.3. The van der Waals surface area contributed by atoms with E-state index in [9.17, 15) is 20.1 Å². The van der Waals surface area contributed by atoms with E-state index in [4.69, 9.17) is 4.98 Å². The van der Waals surface area contributed by atoms with Gasteiger partial charge in [-0.2, -0.15) is 4.98 Å². The quantitative estimate of drug-likeness (QED) is 0.257. The van der Waals surface area contributed by atoms with Crippen molar-refractivity contribution in [1.29, 1.82) is 0 Å². The zero-order valence-corrected chi connectivity index (χ0v) is 20.6. The molecule has 5 N–H and O–H groups in total. The Kier molecular flexibility index (Phi) is 6.88. The van der Waals surface area contributed by atoms with Crippen LogP contribution in [0, 0.1) is 5.92 Å². The van der Waals surface area contributed by atoms with Gasteiger partial charge in [0.25, 0.3) is 5.56 Å². The first-order valence-corrected chi connectivity index (χ1v) is 12.3. The maximum atomic E-state index is 12.4. The van der Waals surface area contributed by atoms with E-state index in [0.29, 0.717) is 29.2 Å². The van der Waals surface area contributed by atoms with Crippen LogP contribution in [0.2, 0.25) is 0 Å². The summed E-state index contributed by atoms with van der Waals surface area (Å²) in [5.74, 6) is 0.216. The van der Waals surface area contributed by atoms with Gasteiger partial charge in [0.15, 0.2) is 0 Å². The highest BCUT2D eigenvalue weighted by Gasteiger charge is 2.41. The molecule has 3 heterocycles. The lowest BCUT2D eigenvalue weighted by atomic mass is 10.1. The zero-order chi connectivity index (χ0) is 26.1. The molecule has 0 spiro atoms. The molecule has 0 bridgehead atoms. The SMILES string of the molecule is CC(C)n1ccc(Nc2ncc(-c3ccc4ccccc4n3)c(NC3CC(CO)C(O)C3O)n2)cc1=O. The minimum atomic E-state index is -1.08. The van der Waals surface area contributed by atoms with Gasteiger partial charge in [0.2, 0.25) is 5.95 Å². The predicted octanol–water partition coefficient (Wildman–Crippen LogP) is 2.69. The minimum Gasteiger partial charge on any atom is -0.396 e. The predicted molar refractivity (Wildman–Crippen MR) is 142 cm³/mol. The van der Waals surface area contributed by atoms with Gasteiger partial charge < -0.3 is 30.5 Å². The van der Waals surface area contributed by atoms with Gasteiger partial charge in [-0.05, 0) is 38.5 Å². The number of nitrogens with zero attached hydrogens (tertiary/aromatic N) is 4. The topological polar surface area (TPSA) is 145 Å². The summed E-state index contributed by atoms with van der Waals surface area (Å²) in [4.78, 5) is 26.3. The zero-order valence-electron chi connectivity index (χ0n) is 20.6. The number of nitrogens with one attached hydrogen (secondary N) is 2. The lowest BCUT2D eigenvalue weighted by molar-refractivity contribution is 0.00446. The molecule has 4 unspecified atom stereocenters. The summed E-state index contributed by atoms with van der Waals surface area (Å²) in [5, 5.41) is 37.8. The van der Waals surface area contributed by atoms with Gasteiger partial charge in [-0.3, -0.25) is 4.79 Å². The molecule has 4 atom stereocenters. The minimum absolute atomic E-state index is 0.0401. The van der Waals surface area contributed by atoms with Crippen molar-refractivity contribution in [2.24, 2.45) is 5.92 Å². The third kappa shape index (κ3) is 5.04. The number of rotatable bonds is 7. The smallest absolute Gasteiger partial charge is 0.252 e. The number of para-hydroxylation sites is 1. The average Bonchev–Trinajstić information content (AvgIpc) is 3.16. The van der Waals surface area contributed by atoms with Crippen molar-refractivity contribution in [3.05, 3.63) is 71.3 Å². The summed E-state index contributed by atoms with van der Waals surface area (Å²) >= 11 is 0. The van der Waals surface area contributed by atoms with Crippen molar-refractivity contribution in [2.75, 3.05) is 17.2 Å². The van der Waals surface area contributed by atoms with Crippen LogP contribution in [0.4, 0.5) is 17.5 Å². The Balaban J connectivity index is 1.51. The first kappa shape index (κ1) is 24.8. The van der Waals surface area contributed by atoms with Crippen LogP contribution in [0.25, 0.3) is 22.2 Å². The van der Waals surface area contributed by atoms with Gasteiger partial charge in [0.05, 0.1) is 28.9 Å². The molecule has 37 heavy (non-hydrogen) atoms. The Morgan fingerprint density at radius 1 is 1.08 bits per heavy atom. The van der Waals surface area contributed by atoms with Crippen LogP contribution < -0.4 is 16.2 Å². The Morgan fingerprint density at radius 2 is 1.89 bits per heavy atom. The maximum absolute atomic E-state index is 12.4. The fraction of sp³-hybridized carbons (Fsp3) is 0.333. The van der Waals surface area contributed by atoms with Crippen molar-refractivity contribution in [3.8, 4) is 11.3 Å². The number of aliphatic hydroxyl groups excluding tert-OH is 3. The molecule has 1 aliphatic rings. The summed E-state index contributed by atoms with van der Waals surface area (Å²) in [5.41, 5.74) is 2.46. The molecule has 0 amide bonds. The summed E-state index contributed by atoms with van der Waals surface area (Å²) in [7, 11) is 0. The standard InChI is InChI=1S/C27H30N6O4/c1-15(2)33-10-9-18(12-23(33)35)29-27-28-13-19(21-8-7-16-5-3-4-6-20(16)30-21)26(32-27)31-22-11-17(14-34)24(36)25(22)37/h3-10,12-13,15,17,22,24-25,34,36-37H,11,14H2,1-2H3,(H2,28,29,31,32). The van der Waals surface area contributed by atoms with Crippen molar-refractivity contribution in [1.82, 2.24) is 19.5 Å². The Bertz CT molecular complexity index is 1470. The number of aliphatic hydroxyl groups is 3. The van der Waals surface area contributed by atoms with E-state index in [1.54, 1.807) is 23.0 Å². The van der Waals surface area contributed by atoms with Crippen LogP contribution in [0.15, 0.2) is 65.7 Å². The fourth-order valence-electron chi connectivity index (χ4n) is 4.70. The Morgan fingerprint density at radius 3 is 2.62 bits per heavy atom. The molecule has 1 fully saturated rings. The van der Waals surface area contributed by atoms with Crippen molar-refractivity contribution in [3.63, 3.8) is 0 Å². The molecule has 10 nitrogen and oxygen atoms in total. The molecule has 1 aromatic carbocycles. The molecule has 1 aliphatic carbocycles. The molecule has 0 aliphatic heterocycles. The van der Waals surface area contributed by atoms with Crippen LogP contribution in [-0.2, 0) is 0 Å². The monoisotopic (exact) mass is 502 g/mol. The number of hydrogen-bond donors (Lipinski definition) is 5. The van der Waals surface area contributed by atoms with Crippen LogP contribution >= 0.6 is 0 Å². The number of benzene rings is 1. The molecule has 0 saturated heterocycles. The van der Waals surface area contributed by atoms with Crippen molar-refractivity contribution in [2.45, 2.75) is 44.6 Å². The fourth-order valence-corrected chi connectivity index (χ4v) is 4.70. The van der Waals surface area contributed by atoms with E-state index in [0.717, 1.165) is 10.9 Å². The molecule has 10 heteroatoms. The second kappa shape index (κ2) is 10.3. The van der Waals surface area contributed by atoms with Gasteiger partial charge in [0.1, 0.15) is 11.9 Å². The first-order chi connectivity index (χ1) is 17.8. The van der Waals surface area contributed by atoms with E-state index in [1.807, 2.05) is 50.2 Å². The second-order valence-corrected chi connectivity index (χ2v) is 9.64. The maximum Gasteiger partial charge on any atom is 0.252 e. The number of fused-ring (bicyclic) bond motifs is 1. The molecular weight excluding hydrogens is 472 g/mol. The van der Waals surface area contributed by atoms with E-state index in [-0.39, 0.29) is 24.2 Å². The van der Waals surface area contributed by atoms with Gasteiger partial charge in [-0.25, -0.2) is 9.97 Å². The van der Waals surface area contributed by atoms with Gasteiger partial charge >= 0.3 is 0 Å². The van der Waals surface area contributed by atoms with Crippen LogP contribution in [0.1, 0.15) is 26.3 Å². The third-order valence-electron chi connectivity index (χ3n) is 6.78. The number of pyridine rings is 2. The van der Waals surface area contributed by atoms with Crippen molar-refractivity contribution < 1.29 is 15.3 Å². The molecule has 4 aromatic rings. The molecule has 192 valence electrons. The average molecular weight is 503 g/mol. The van der Waals surface area contributed by atoms with Gasteiger partial charge in [-0.15, -0.1) is 0 Å². The summed E-state index contributed by atoms with van der Waals surface area (Å²) in [6.45, 7) is 3.64. The van der Waals surface area contributed by atoms with E-state index in [1.165, 1.54) is 6.07 Å². The summed E-state index contributed by atoms with van der Waals surface area (Å²) in [6, 6.07) is 14.4. The highest BCUT2D eigenvalue weighted by atomic mass is 16.3. The number of hydrogen-bond acceptors (Lipinski definition) is 9. The third-order valence-corrected chi connectivity index (χ3v) is 6.78. The van der Waals surface area contributed by atoms with E-state index in [2.05, 4.69) is 20.6 Å². The highest BCUT2D eigenvalue weighted by molar-refractivity contribution is 5.83. The van der Waals surface area contributed by atoms with E-state index >= 15 is 0 Å². The van der Waals surface area contributed by atoms with Crippen LogP contribution in [0.5, 0.6) is 0 Å². The molecule has 1 saturated carbocycles. The normalized spacial score (nSPS) is 21.5. The highest BCUT2D eigenvalue weighted by Crippen LogP contribution is 2.33. The number of aromatic nitrogens is 4. The van der Waals surface area contributed by atoms with E-state index < -0.39 is 24.2 Å². The molecule has 3 aromatic heterocycles. The molecule has 5 rings (SSSR count). The lowest BCUT2D eigenvalue weighted by Gasteiger charge is -2.21. The molecular formula is C27H30N6O4. The van der Waals surface area contributed by atoms with Crippen LogP contribution in [-0.4, -0.2) is 59.7 Å². The Hall–Kier alpha value is -3.86. The summed E-state index contributed by atoms with van der Waals surface area (Å²) in [6.07, 6.45) is 1.59. The van der Waals surface area contributed by atoms with Gasteiger partial charge in [0, 0.05) is 48.1 Å². The van der Waals surface area contributed by atoms with Crippen molar-refractivity contribution >= 4 is 28.4 Å². The lowest BCUT2D eigenvalue weighted by Crippen LogP contribution is -2.35. The largest absolute Gasteiger partial charge is 0.396 e. The molecule has 0 radical (unpaired) electrons. The Labute approximate surface area is 213 Å². The number of anilines is 3.